The number of likely N-dealkylation sites (tertiary alicyclic amines) is 1. The number of fused-ring (bicyclic) bond motifs is 1. The molecule has 6 heteroatoms. The van der Waals surface area contributed by atoms with E-state index in [-0.39, 0.29) is 11.5 Å². The number of pyridine rings is 1. The molecule has 1 aromatic heterocycles. The molecule has 1 saturated heterocycles. The van der Waals surface area contributed by atoms with E-state index in [1.807, 2.05) is 35.2 Å². The third kappa shape index (κ3) is 3.70. The Morgan fingerprint density at radius 3 is 2.62 bits per heavy atom. The van der Waals surface area contributed by atoms with Crippen LogP contribution in [0.4, 0.5) is 0 Å². The maximum Gasteiger partial charge on any atom is 0.255 e. The van der Waals surface area contributed by atoms with Crippen molar-refractivity contribution >= 4 is 16.7 Å². The summed E-state index contributed by atoms with van der Waals surface area (Å²) >= 11 is 0. The van der Waals surface area contributed by atoms with Gasteiger partial charge >= 0.3 is 0 Å². The topological polar surface area (TPSA) is 71.6 Å². The number of amides is 1. The number of aromatic nitrogens is 1. The molecular weight excluding hydrogens is 368 g/mol. The Morgan fingerprint density at radius 1 is 1.10 bits per heavy atom. The van der Waals surface area contributed by atoms with Crippen LogP contribution in [-0.4, -0.2) is 43.1 Å². The molecule has 1 unspecified atom stereocenters. The van der Waals surface area contributed by atoms with E-state index in [4.69, 9.17) is 9.47 Å². The average molecular weight is 392 g/mol. The Kier molecular flexibility index (Phi) is 5.25. The van der Waals surface area contributed by atoms with Gasteiger partial charge in [0, 0.05) is 30.1 Å². The number of ether oxygens (including phenoxy) is 2. The molecule has 2 aromatic carbocycles. The van der Waals surface area contributed by atoms with Crippen molar-refractivity contribution in [3.63, 3.8) is 0 Å². The molecule has 3 aromatic rings. The molecule has 1 aliphatic rings. The Hall–Kier alpha value is -3.28. The number of nitrogens with zero attached hydrogens (tertiary/aromatic N) is 1. The van der Waals surface area contributed by atoms with E-state index < -0.39 is 0 Å². The van der Waals surface area contributed by atoms with Gasteiger partial charge in [0.25, 0.3) is 11.5 Å². The number of nitrogens with one attached hydrogen (secondary N) is 1. The molecule has 0 saturated carbocycles. The fourth-order valence-electron chi connectivity index (χ4n) is 4.08. The number of carbonyl (C=O) groups excluding carboxylic acids is 1. The van der Waals surface area contributed by atoms with Crippen LogP contribution in [0, 0.1) is 5.92 Å². The van der Waals surface area contributed by atoms with Crippen molar-refractivity contribution in [3.05, 3.63) is 70.1 Å². The molecule has 1 aliphatic heterocycles. The van der Waals surface area contributed by atoms with Crippen molar-refractivity contribution in [1.82, 2.24) is 9.88 Å². The minimum absolute atomic E-state index is 0.0349. The van der Waals surface area contributed by atoms with Crippen molar-refractivity contribution in [3.8, 4) is 11.5 Å². The number of hydrogen-bond acceptors (Lipinski definition) is 4. The van der Waals surface area contributed by atoms with Gasteiger partial charge in [-0.2, -0.15) is 0 Å². The van der Waals surface area contributed by atoms with E-state index in [2.05, 4.69) is 4.98 Å². The van der Waals surface area contributed by atoms with Crippen molar-refractivity contribution in [1.29, 1.82) is 0 Å². The first kappa shape index (κ1) is 19.1. The summed E-state index contributed by atoms with van der Waals surface area (Å²) in [6.45, 7) is 1.41. The van der Waals surface area contributed by atoms with Crippen LogP contribution in [0.1, 0.15) is 22.3 Å². The number of hydrogen-bond donors (Lipinski definition) is 1. The Bertz CT molecular complexity index is 1110. The second-order valence-electron chi connectivity index (χ2n) is 7.38. The molecule has 1 amide bonds. The molecule has 1 N–H and O–H groups in total. The second-order valence-corrected chi connectivity index (χ2v) is 7.38. The molecular formula is C23H24N2O4. The van der Waals surface area contributed by atoms with Gasteiger partial charge < -0.3 is 19.4 Å². The predicted octanol–water partition coefficient (Wildman–Crippen LogP) is 3.25. The number of carbonyl (C=O) groups is 1. The fourth-order valence-corrected chi connectivity index (χ4v) is 4.08. The number of methoxy groups -OCH3 is 2. The lowest BCUT2D eigenvalue weighted by molar-refractivity contribution is 0.0788. The summed E-state index contributed by atoms with van der Waals surface area (Å²) in [5.41, 5.74) is 1.54. The van der Waals surface area contributed by atoms with Crippen LogP contribution in [0.2, 0.25) is 0 Å². The summed E-state index contributed by atoms with van der Waals surface area (Å²) in [5, 5.41) is 1.24. The lowest BCUT2D eigenvalue weighted by Gasteiger charge is -2.18. The van der Waals surface area contributed by atoms with E-state index >= 15 is 0 Å². The number of aromatic amines is 1. The standard InChI is InChI=1S/C23H24N2O4/c1-28-20-8-7-15(12-21(20)29-2)11-16-9-10-25(14-16)23(27)19-13-24-22(26)18-6-4-3-5-17(18)19/h3-8,12-13,16H,9-11,14H2,1-2H3,(H,24,26). The summed E-state index contributed by atoms with van der Waals surface area (Å²) < 4.78 is 10.7. The quantitative estimate of drug-likeness (QED) is 0.724. The fraction of sp³-hybridized carbons (Fsp3) is 0.304. The number of rotatable bonds is 5. The zero-order valence-electron chi connectivity index (χ0n) is 16.6. The predicted molar refractivity (Wildman–Crippen MR) is 112 cm³/mol. The zero-order valence-corrected chi connectivity index (χ0v) is 16.6. The van der Waals surface area contributed by atoms with Crippen molar-refractivity contribution in [2.24, 2.45) is 5.92 Å². The molecule has 29 heavy (non-hydrogen) atoms. The summed E-state index contributed by atoms with van der Waals surface area (Å²) in [6.07, 6.45) is 3.35. The average Bonchev–Trinajstić information content (AvgIpc) is 3.22. The van der Waals surface area contributed by atoms with Crippen LogP contribution in [0.15, 0.2) is 53.5 Å². The largest absolute Gasteiger partial charge is 0.493 e. The second kappa shape index (κ2) is 7.99. The van der Waals surface area contributed by atoms with Gasteiger partial charge in [0.1, 0.15) is 0 Å². The van der Waals surface area contributed by atoms with Crippen molar-refractivity contribution < 1.29 is 14.3 Å². The van der Waals surface area contributed by atoms with Gasteiger partial charge in [-0.25, -0.2) is 0 Å². The molecule has 0 spiro atoms. The van der Waals surface area contributed by atoms with Gasteiger partial charge in [0.2, 0.25) is 0 Å². The van der Waals surface area contributed by atoms with Crippen LogP contribution in [0.25, 0.3) is 10.8 Å². The van der Waals surface area contributed by atoms with Gasteiger partial charge in [0.15, 0.2) is 11.5 Å². The maximum atomic E-state index is 13.1. The van der Waals surface area contributed by atoms with Gasteiger partial charge in [-0.15, -0.1) is 0 Å². The first-order chi connectivity index (χ1) is 14.1. The van der Waals surface area contributed by atoms with Gasteiger partial charge in [0.05, 0.1) is 19.8 Å². The van der Waals surface area contributed by atoms with Crippen LogP contribution in [0.3, 0.4) is 0 Å². The first-order valence-corrected chi connectivity index (χ1v) is 9.71. The Labute approximate surface area is 169 Å². The zero-order chi connectivity index (χ0) is 20.4. The van der Waals surface area contributed by atoms with E-state index in [9.17, 15) is 9.59 Å². The van der Waals surface area contributed by atoms with E-state index in [0.717, 1.165) is 24.2 Å². The third-order valence-corrected chi connectivity index (χ3v) is 5.59. The lowest BCUT2D eigenvalue weighted by Crippen LogP contribution is -2.29. The highest BCUT2D eigenvalue weighted by molar-refractivity contribution is 6.06. The van der Waals surface area contributed by atoms with Gasteiger partial charge in [-0.05, 0) is 42.5 Å². The molecule has 4 rings (SSSR count). The Balaban J connectivity index is 1.50. The minimum Gasteiger partial charge on any atom is -0.493 e. The van der Waals surface area contributed by atoms with E-state index in [1.54, 1.807) is 26.4 Å². The summed E-state index contributed by atoms with van der Waals surface area (Å²) in [5.74, 6) is 1.78. The highest BCUT2D eigenvalue weighted by Crippen LogP contribution is 2.30. The van der Waals surface area contributed by atoms with Gasteiger partial charge in [-0.3, -0.25) is 9.59 Å². The SMILES string of the molecule is COc1ccc(CC2CCN(C(=O)c3c[nH]c(=O)c4ccccc34)C2)cc1OC. The molecule has 2 heterocycles. The third-order valence-electron chi connectivity index (χ3n) is 5.59. The molecule has 1 fully saturated rings. The maximum absolute atomic E-state index is 13.1. The first-order valence-electron chi connectivity index (χ1n) is 9.71. The van der Waals surface area contributed by atoms with Crippen molar-refractivity contribution in [2.45, 2.75) is 12.8 Å². The summed E-state index contributed by atoms with van der Waals surface area (Å²) in [7, 11) is 3.25. The van der Waals surface area contributed by atoms with Crippen LogP contribution in [0.5, 0.6) is 11.5 Å². The summed E-state index contributed by atoms with van der Waals surface area (Å²) in [6, 6.07) is 13.2. The molecule has 1 atom stereocenters. The van der Waals surface area contributed by atoms with E-state index in [1.165, 1.54) is 6.20 Å². The van der Waals surface area contributed by atoms with Crippen LogP contribution >= 0.6 is 0 Å². The Morgan fingerprint density at radius 2 is 1.86 bits per heavy atom. The minimum atomic E-state index is -0.176. The lowest BCUT2D eigenvalue weighted by atomic mass is 9.98. The summed E-state index contributed by atoms with van der Waals surface area (Å²) in [4.78, 5) is 29.7. The van der Waals surface area contributed by atoms with Crippen molar-refractivity contribution in [2.75, 3.05) is 27.3 Å². The molecule has 150 valence electrons. The normalized spacial score (nSPS) is 16.2. The molecule has 0 aliphatic carbocycles. The molecule has 0 bridgehead atoms. The van der Waals surface area contributed by atoms with Crippen LogP contribution < -0.4 is 15.0 Å². The smallest absolute Gasteiger partial charge is 0.255 e. The monoisotopic (exact) mass is 392 g/mol. The van der Waals surface area contributed by atoms with E-state index in [0.29, 0.717) is 41.1 Å². The number of H-pyrrole nitrogens is 1. The van der Waals surface area contributed by atoms with Gasteiger partial charge in [-0.1, -0.05) is 24.3 Å². The molecule has 0 radical (unpaired) electrons. The highest BCUT2D eigenvalue weighted by Gasteiger charge is 2.28. The number of benzene rings is 2. The molecule has 6 nitrogen and oxygen atoms in total. The highest BCUT2D eigenvalue weighted by atomic mass is 16.5. The van der Waals surface area contributed by atoms with Crippen LogP contribution in [-0.2, 0) is 6.42 Å².